The fraction of sp³-hybridized carbons (Fsp3) is 0.231. The van der Waals surface area contributed by atoms with E-state index in [4.69, 9.17) is 16.0 Å². The van der Waals surface area contributed by atoms with E-state index in [0.717, 1.165) is 5.56 Å². The minimum Gasteiger partial charge on any atom is -0.466 e. The molecular formula is C13H13ClO2. The lowest BCUT2D eigenvalue weighted by Crippen LogP contribution is -2.23. The van der Waals surface area contributed by atoms with E-state index >= 15 is 0 Å². The Morgan fingerprint density at radius 2 is 1.94 bits per heavy atom. The quantitative estimate of drug-likeness (QED) is 0.886. The molecule has 0 bridgehead atoms. The molecule has 84 valence electrons. The topological polar surface area (TPSA) is 33.4 Å². The average molecular weight is 237 g/mol. The van der Waals surface area contributed by atoms with Crippen molar-refractivity contribution in [3.8, 4) is 0 Å². The van der Waals surface area contributed by atoms with Gasteiger partial charge in [0.15, 0.2) is 0 Å². The third kappa shape index (κ3) is 2.46. The van der Waals surface area contributed by atoms with Gasteiger partial charge in [0.25, 0.3) is 0 Å². The third-order valence-electron chi connectivity index (χ3n) is 2.51. The van der Waals surface area contributed by atoms with Gasteiger partial charge in [-0.05, 0) is 36.8 Å². The molecular weight excluding hydrogens is 224 g/mol. The van der Waals surface area contributed by atoms with Crippen LogP contribution in [-0.4, -0.2) is 5.11 Å². The zero-order valence-electron chi connectivity index (χ0n) is 8.98. The van der Waals surface area contributed by atoms with Crippen LogP contribution in [0.2, 0.25) is 5.02 Å². The molecule has 1 atom stereocenters. The Balaban J connectivity index is 2.18. The summed E-state index contributed by atoms with van der Waals surface area (Å²) in [6.07, 6.45) is 2.06. The summed E-state index contributed by atoms with van der Waals surface area (Å²) < 4.78 is 5.22. The molecule has 0 saturated heterocycles. The normalized spacial score (nSPS) is 14.7. The van der Waals surface area contributed by atoms with Crippen LogP contribution in [0.15, 0.2) is 47.1 Å². The van der Waals surface area contributed by atoms with Gasteiger partial charge in [-0.1, -0.05) is 23.7 Å². The van der Waals surface area contributed by atoms with Gasteiger partial charge in [0, 0.05) is 11.4 Å². The third-order valence-corrected chi connectivity index (χ3v) is 2.77. The summed E-state index contributed by atoms with van der Waals surface area (Å²) in [4.78, 5) is 0. The predicted octanol–water partition coefficient (Wildman–Crippen LogP) is 3.38. The summed E-state index contributed by atoms with van der Waals surface area (Å²) in [5, 5.41) is 11.0. The number of hydrogen-bond acceptors (Lipinski definition) is 2. The van der Waals surface area contributed by atoms with Crippen molar-refractivity contribution in [1.29, 1.82) is 0 Å². The number of furan rings is 1. The van der Waals surface area contributed by atoms with Crippen molar-refractivity contribution >= 4 is 11.6 Å². The zero-order valence-corrected chi connectivity index (χ0v) is 9.74. The van der Waals surface area contributed by atoms with Crippen molar-refractivity contribution in [3.63, 3.8) is 0 Å². The van der Waals surface area contributed by atoms with Crippen molar-refractivity contribution < 1.29 is 9.52 Å². The van der Waals surface area contributed by atoms with Crippen LogP contribution in [0.3, 0.4) is 0 Å². The molecule has 1 N–H and O–H groups in total. The summed E-state index contributed by atoms with van der Waals surface area (Å²) in [5.74, 6) is 0.572. The molecule has 2 nitrogen and oxygen atoms in total. The van der Waals surface area contributed by atoms with Crippen molar-refractivity contribution in [2.75, 3.05) is 0 Å². The lowest BCUT2D eigenvalue weighted by Gasteiger charge is -2.20. The molecule has 0 radical (unpaired) electrons. The molecule has 1 unspecified atom stereocenters. The highest BCUT2D eigenvalue weighted by molar-refractivity contribution is 6.30. The van der Waals surface area contributed by atoms with Crippen LogP contribution < -0.4 is 0 Å². The minimum atomic E-state index is -0.989. The molecule has 1 aromatic carbocycles. The molecule has 16 heavy (non-hydrogen) atoms. The maximum Gasteiger partial charge on any atom is 0.135 e. The van der Waals surface area contributed by atoms with Gasteiger partial charge in [0.1, 0.15) is 11.4 Å². The van der Waals surface area contributed by atoms with Gasteiger partial charge < -0.3 is 9.52 Å². The summed E-state index contributed by atoms with van der Waals surface area (Å²) in [7, 11) is 0. The number of hydrogen-bond donors (Lipinski definition) is 1. The van der Waals surface area contributed by atoms with E-state index in [-0.39, 0.29) is 0 Å². The Kier molecular flexibility index (Phi) is 3.03. The summed E-state index contributed by atoms with van der Waals surface area (Å²) in [6.45, 7) is 1.74. The van der Waals surface area contributed by atoms with Crippen LogP contribution in [0.1, 0.15) is 18.2 Å². The Hall–Kier alpha value is -1.25. The SMILES string of the molecule is CC(O)(Cc1ccc(Cl)cc1)c1ccco1. The first-order valence-corrected chi connectivity index (χ1v) is 5.46. The molecule has 2 aromatic rings. The monoisotopic (exact) mass is 236 g/mol. The molecule has 0 aliphatic rings. The average Bonchev–Trinajstić information content (AvgIpc) is 2.75. The Morgan fingerprint density at radius 1 is 1.25 bits per heavy atom. The first kappa shape index (κ1) is 11.2. The van der Waals surface area contributed by atoms with Crippen molar-refractivity contribution in [3.05, 3.63) is 59.0 Å². The van der Waals surface area contributed by atoms with E-state index < -0.39 is 5.60 Å². The van der Waals surface area contributed by atoms with E-state index in [0.29, 0.717) is 17.2 Å². The van der Waals surface area contributed by atoms with E-state index in [9.17, 15) is 5.11 Å². The van der Waals surface area contributed by atoms with E-state index in [1.807, 2.05) is 24.3 Å². The molecule has 0 aliphatic heterocycles. The fourth-order valence-corrected chi connectivity index (χ4v) is 1.80. The van der Waals surface area contributed by atoms with Crippen molar-refractivity contribution in [2.24, 2.45) is 0 Å². The Bertz CT molecular complexity index is 443. The summed E-state index contributed by atoms with van der Waals surface area (Å²) in [5.41, 5.74) is 0.0305. The van der Waals surface area contributed by atoms with Crippen LogP contribution in [0, 0.1) is 0 Å². The van der Waals surface area contributed by atoms with Gasteiger partial charge in [0.2, 0.25) is 0 Å². The van der Waals surface area contributed by atoms with Gasteiger partial charge >= 0.3 is 0 Å². The van der Waals surface area contributed by atoms with Crippen LogP contribution in [-0.2, 0) is 12.0 Å². The minimum absolute atomic E-state index is 0.498. The van der Waals surface area contributed by atoms with Crippen LogP contribution in [0.25, 0.3) is 0 Å². The molecule has 0 spiro atoms. The molecule has 3 heteroatoms. The Labute approximate surface area is 99.5 Å². The number of aliphatic hydroxyl groups is 1. The summed E-state index contributed by atoms with van der Waals surface area (Å²) >= 11 is 5.80. The second kappa shape index (κ2) is 4.32. The van der Waals surface area contributed by atoms with Gasteiger partial charge in [-0.2, -0.15) is 0 Å². The van der Waals surface area contributed by atoms with Gasteiger partial charge in [-0.3, -0.25) is 0 Å². The molecule has 0 fully saturated rings. The van der Waals surface area contributed by atoms with Crippen molar-refractivity contribution in [1.82, 2.24) is 0 Å². The maximum absolute atomic E-state index is 10.3. The molecule has 0 amide bonds. The summed E-state index contributed by atoms with van der Waals surface area (Å²) in [6, 6.07) is 11.0. The van der Waals surface area contributed by atoms with Gasteiger partial charge in [-0.15, -0.1) is 0 Å². The fourth-order valence-electron chi connectivity index (χ4n) is 1.67. The second-order valence-electron chi connectivity index (χ2n) is 4.05. The van der Waals surface area contributed by atoms with Gasteiger partial charge in [0.05, 0.1) is 6.26 Å². The van der Waals surface area contributed by atoms with Crippen LogP contribution in [0.5, 0.6) is 0 Å². The van der Waals surface area contributed by atoms with Crippen molar-refractivity contribution in [2.45, 2.75) is 18.9 Å². The molecule has 0 saturated carbocycles. The lowest BCUT2D eigenvalue weighted by molar-refractivity contribution is 0.0344. The maximum atomic E-state index is 10.3. The standard InChI is InChI=1S/C13H13ClO2/c1-13(15,12-3-2-8-16-12)9-10-4-6-11(14)7-5-10/h2-8,15H,9H2,1H3. The first-order chi connectivity index (χ1) is 7.58. The number of benzene rings is 1. The second-order valence-corrected chi connectivity index (χ2v) is 4.49. The number of rotatable bonds is 3. The molecule has 1 heterocycles. The molecule has 0 aliphatic carbocycles. The number of halogens is 1. The highest BCUT2D eigenvalue weighted by atomic mass is 35.5. The zero-order chi connectivity index (χ0) is 11.6. The lowest BCUT2D eigenvalue weighted by atomic mass is 9.94. The van der Waals surface area contributed by atoms with E-state index in [1.54, 1.807) is 25.3 Å². The highest BCUT2D eigenvalue weighted by Crippen LogP contribution is 2.26. The van der Waals surface area contributed by atoms with Crippen LogP contribution >= 0.6 is 11.6 Å². The molecule has 2 rings (SSSR count). The highest BCUT2D eigenvalue weighted by Gasteiger charge is 2.26. The predicted molar refractivity (Wildman–Crippen MR) is 63.4 cm³/mol. The van der Waals surface area contributed by atoms with E-state index in [2.05, 4.69) is 0 Å². The van der Waals surface area contributed by atoms with E-state index in [1.165, 1.54) is 0 Å². The first-order valence-electron chi connectivity index (χ1n) is 5.09. The van der Waals surface area contributed by atoms with Gasteiger partial charge in [-0.25, -0.2) is 0 Å². The smallest absolute Gasteiger partial charge is 0.135 e. The molecule has 1 aromatic heterocycles. The largest absolute Gasteiger partial charge is 0.466 e. The van der Waals surface area contributed by atoms with Crippen LogP contribution in [0.4, 0.5) is 0 Å². The Morgan fingerprint density at radius 3 is 2.50 bits per heavy atom.